The van der Waals surface area contributed by atoms with E-state index in [9.17, 15) is 14.0 Å². The predicted octanol–water partition coefficient (Wildman–Crippen LogP) is 3.67. The Balaban J connectivity index is 1.21. The lowest BCUT2D eigenvalue weighted by atomic mass is 9.96. The topological polar surface area (TPSA) is 81.2 Å². The van der Waals surface area contributed by atoms with E-state index < -0.39 is 0 Å². The molecule has 2 aromatic carbocycles. The van der Waals surface area contributed by atoms with E-state index in [1.54, 1.807) is 18.2 Å². The Morgan fingerprint density at radius 2 is 1.79 bits per heavy atom. The molecule has 0 atom stereocenters. The average Bonchev–Trinajstić information content (AvgIpc) is 3.24. The van der Waals surface area contributed by atoms with Gasteiger partial charge < -0.3 is 9.42 Å². The van der Waals surface area contributed by atoms with Crippen molar-refractivity contribution in [2.24, 2.45) is 5.92 Å². The third kappa shape index (κ3) is 4.55. The van der Waals surface area contributed by atoms with Crippen LogP contribution in [-0.2, 0) is 17.8 Å². The van der Waals surface area contributed by atoms with Crippen molar-refractivity contribution >= 4 is 16.9 Å². The van der Waals surface area contributed by atoms with E-state index >= 15 is 0 Å². The van der Waals surface area contributed by atoms with Gasteiger partial charge in [-0.2, -0.15) is 5.10 Å². The fraction of sp³-hybridized carbons (Fsp3) is 0.280. The van der Waals surface area contributed by atoms with Crippen LogP contribution in [0.4, 0.5) is 4.39 Å². The quantitative estimate of drug-likeness (QED) is 0.467. The molecule has 4 aromatic rings. The Bertz CT molecular complexity index is 1340. The smallest absolute Gasteiger partial charge is 0.266 e. The molecule has 168 valence electrons. The summed E-state index contributed by atoms with van der Waals surface area (Å²) in [6.45, 7) is 1.75. The van der Waals surface area contributed by atoms with Crippen LogP contribution in [0.2, 0.25) is 0 Å². The fourth-order valence-corrected chi connectivity index (χ4v) is 4.28. The number of hydrogen-bond donors (Lipinski definition) is 0. The van der Waals surface area contributed by atoms with Gasteiger partial charge in [-0.15, -0.1) is 0 Å². The average molecular weight is 446 g/mol. The van der Waals surface area contributed by atoms with E-state index in [-0.39, 0.29) is 29.6 Å². The molecule has 1 aliphatic rings. The van der Waals surface area contributed by atoms with Gasteiger partial charge in [0, 0.05) is 36.7 Å². The molecule has 0 saturated carbocycles. The van der Waals surface area contributed by atoms with Crippen molar-refractivity contribution in [1.29, 1.82) is 0 Å². The molecule has 0 unspecified atom stereocenters. The molecule has 0 bridgehead atoms. The van der Waals surface area contributed by atoms with E-state index in [2.05, 4.69) is 10.3 Å². The number of para-hydroxylation sites is 1. The number of likely N-dealkylation sites (tertiary alicyclic amines) is 1. The second-order valence-corrected chi connectivity index (χ2v) is 8.37. The van der Waals surface area contributed by atoms with Crippen LogP contribution in [0.15, 0.2) is 70.0 Å². The van der Waals surface area contributed by atoms with E-state index in [0.29, 0.717) is 36.6 Å². The maximum atomic E-state index is 13.2. The number of nitrogens with zero attached hydrogens (tertiary/aromatic N) is 4. The Morgan fingerprint density at radius 3 is 2.58 bits per heavy atom. The Kier molecular flexibility index (Phi) is 5.73. The molecule has 1 aliphatic heterocycles. The molecule has 0 aliphatic carbocycles. The van der Waals surface area contributed by atoms with Crippen molar-refractivity contribution in [3.8, 4) is 11.3 Å². The van der Waals surface area contributed by atoms with Crippen molar-refractivity contribution in [3.05, 3.63) is 82.5 Å². The minimum Gasteiger partial charge on any atom is -0.356 e. The van der Waals surface area contributed by atoms with Gasteiger partial charge in [-0.25, -0.2) is 9.07 Å². The number of fused-ring (bicyclic) bond motifs is 1. The van der Waals surface area contributed by atoms with Gasteiger partial charge in [-0.3, -0.25) is 9.59 Å². The molecule has 1 amide bonds. The van der Waals surface area contributed by atoms with Crippen molar-refractivity contribution < 1.29 is 13.7 Å². The second-order valence-electron chi connectivity index (χ2n) is 8.37. The highest BCUT2D eigenvalue weighted by Gasteiger charge is 2.25. The van der Waals surface area contributed by atoms with Crippen molar-refractivity contribution in [3.63, 3.8) is 0 Å². The fourth-order valence-electron chi connectivity index (χ4n) is 4.28. The van der Waals surface area contributed by atoms with Gasteiger partial charge in [0.15, 0.2) is 5.58 Å². The van der Waals surface area contributed by atoms with Crippen LogP contribution in [0.5, 0.6) is 0 Å². The van der Waals surface area contributed by atoms with E-state index in [1.165, 1.54) is 22.9 Å². The summed E-state index contributed by atoms with van der Waals surface area (Å²) in [6.07, 6.45) is 1.79. The summed E-state index contributed by atoms with van der Waals surface area (Å²) < 4.78 is 20.0. The third-order valence-corrected chi connectivity index (χ3v) is 6.18. The van der Waals surface area contributed by atoms with Gasteiger partial charge in [0.1, 0.15) is 11.5 Å². The van der Waals surface area contributed by atoms with Crippen molar-refractivity contribution in [2.75, 3.05) is 13.1 Å². The van der Waals surface area contributed by atoms with Crippen LogP contribution < -0.4 is 5.56 Å². The number of aromatic nitrogens is 3. The van der Waals surface area contributed by atoms with E-state index in [4.69, 9.17) is 4.52 Å². The monoisotopic (exact) mass is 446 g/mol. The number of halogens is 1. The summed E-state index contributed by atoms with van der Waals surface area (Å²) in [7, 11) is 0. The first kappa shape index (κ1) is 21.1. The third-order valence-electron chi connectivity index (χ3n) is 6.18. The zero-order chi connectivity index (χ0) is 22.8. The maximum absolute atomic E-state index is 13.2. The molecular weight excluding hydrogens is 423 g/mol. The number of rotatable bonds is 5. The van der Waals surface area contributed by atoms with Gasteiger partial charge in [0.25, 0.3) is 5.56 Å². The Labute approximate surface area is 189 Å². The zero-order valence-electron chi connectivity index (χ0n) is 18.0. The summed E-state index contributed by atoms with van der Waals surface area (Å²) in [5, 5.41) is 9.41. The van der Waals surface area contributed by atoms with E-state index in [1.807, 2.05) is 29.2 Å². The number of amides is 1. The second kappa shape index (κ2) is 8.97. The SMILES string of the molecule is O=C(Cc1noc2ccccc12)N1CCC(Cn2nc(-c3ccc(F)cc3)ccc2=O)CC1. The summed E-state index contributed by atoms with van der Waals surface area (Å²) in [5.41, 5.74) is 2.55. The van der Waals surface area contributed by atoms with Crippen LogP contribution >= 0.6 is 0 Å². The molecular formula is C25H23FN4O3. The molecule has 3 heterocycles. The van der Waals surface area contributed by atoms with Crippen molar-refractivity contribution in [2.45, 2.75) is 25.8 Å². The van der Waals surface area contributed by atoms with Crippen LogP contribution in [0.3, 0.4) is 0 Å². The van der Waals surface area contributed by atoms with Gasteiger partial charge in [0.2, 0.25) is 5.91 Å². The molecule has 0 N–H and O–H groups in total. The van der Waals surface area contributed by atoms with Crippen LogP contribution in [-0.4, -0.2) is 38.8 Å². The number of carbonyl (C=O) groups excluding carboxylic acids is 1. The minimum atomic E-state index is -0.315. The standard InChI is InChI=1S/C25H23FN4O3/c26-19-7-5-18(6-8-19)21-9-10-24(31)30(27-21)16-17-11-13-29(14-12-17)25(32)15-22-20-3-1-2-4-23(20)33-28-22/h1-10,17H,11-16H2. The molecule has 0 spiro atoms. The molecule has 1 fully saturated rings. The Morgan fingerprint density at radius 1 is 1.03 bits per heavy atom. The first-order chi connectivity index (χ1) is 16.1. The van der Waals surface area contributed by atoms with Crippen LogP contribution in [0, 0.1) is 11.7 Å². The van der Waals surface area contributed by atoms with Crippen molar-refractivity contribution in [1.82, 2.24) is 19.8 Å². The van der Waals surface area contributed by atoms with Gasteiger partial charge in [-0.05, 0) is 61.2 Å². The predicted molar refractivity (Wildman–Crippen MR) is 121 cm³/mol. The van der Waals surface area contributed by atoms with Crippen LogP contribution in [0.1, 0.15) is 18.5 Å². The normalized spacial score (nSPS) is 14.6. The molecule has 7 nitrogen and oxygen atoms in total. The first-order valence-electron chi connectivity index (χ1n) is 11.0. The maximum Gasteiger partial charge on any atom is 0.266 e. The lowest BCUT2D eigenvalue weighted by Crippen LogP contribution is -2.41. The minimum absolute atomic E-state index is 0.0288. The molecule has 2 aromatic heterocycles. The van der Waals surface area contributed by atoms with Gasteiger partial charge in [-0.1, -0.05) is 17.3 Å². The molecule has 5 rings (SSSR count). The van der Waals surface area contributed by atoms with E-state index in [0.717, 1.165) is 23.8 Å². The highest BCUT2D eigenvalue weighted by Crippen LogP contribution is 2.22. The molecule has 33 heavy (non-hydrogen) atoms. The van der Waals surface area contributed by atoms with Gasteiger partial charge >= 0.3 is 0 Å². The first-order valence-corrected chi connectivity index (χ1v) is 11.0. The number of benzene rings is 2. The summed E-state index contributed by atoms with van der Waals surface area (Å²) in [4.78, 5) is 27.0. The lowest BCUT2D eigenvalue weighted by Gasteiger charge is -2.32. The van der Waals surface area contributed by atoms with Crippen LogP contribution in [0.25, 0.3) is 22.2 Å². The largest absolute Gasteiger partial charge is 0.356 e. The summed E-state index contributed by atoms with van der Waals surface area (Å²) >= 11 is 0. The summed E-state index contributed by atoms with van der Waals surface area (Å²) in [6, 6.07) is 16.7. The molecule has 8 heteroatoms. The number of piperidine rings is 1. The highest BCUT2D eigenvalue weighted by atomic mass is 19.1. The Hall–Kier alpha value is -3.81. The lowest BCUT2D eigenvalue weighted by molar-refractivity contribution is -0.132. The molecule has 1 saturated heterocycles. The highest BCUT2D eigenvalue weighted by molar-refractivity contribution is 5.86. The van der Waals surface area contributed by atoms with Gasteiger partial charge in [0.05, 0.1) is 12.1 Å². The molecule has 0 radical (unpaired) electrons. The number of hydrogen-bond acceptors (Lipinski definition) is 5. The zero-order valence-corrected chi connectivity index (χ0v) is 18.0. The number of carbonyl (C=O) groups is 1. The summed E-state index contributed by atoms with van der Waals surface area (Å²) in [5.74, 6) is -0.0400.